The largest absolute Gasteiger partial charge is 0.542 e. The molecule has 148 valence electrons. The third-order valence-corrected chi connectivity index (χ3v) is 10.4. The molecule has 2 atom stereocenters. The second kappa shape index (κ2) is 8.47. The van der Waals surface area contributed by atoms with Gasteiger partial charge < -0.3 is 9.16 Å². The second-order valence-corrected chi connectivity index (χ2v) is 13.6. The zero-order valence-corrected chi connectivity index (χ0v) is 19.2. The molecule has 0 aliphatic rings. The molecule has 0 amide bonds. The molecule has 0 radical (unpaired) electrons. The van der Waals surface area contributed by atoms with E-state index in [0.717, 1.165) is 23.6 Å². The molecule has 27 heavy (non-hydrogen) atoms. The maximum absolute atomic E-state index is 6.37. The van der Waals surface area contributed by atoms with Crippen LogP contribution in [0.1, 0.15) is 64.1 Å². The number of pyridine rings is 1. The van der Waals surface area contributed by atoms with Crippen molar-refractivity contribution < 1.29 is 9.16 Å². The van der Waals surface area contributed by atoms with E-state index >= 15 is 0 Å². The number of aromatic nitrogens is 1. The lowest BCUT2D eigenvalue weighted by molar-refractivity contribution is 0.414. The van der Waals surface area contributed by atoms with Gasteiger partial charge in [0.2, 0.25) is 0 Å². The molecule has 0 unspecified atom stereocenters. The zero-order chi connectivity index (χ0) is 20.2. The first-order chi connectivity index (χ1) is 12.6. The van der Waals surface area contributed by atoms with E-state index in [0.29, 0.717) is 11.8 Å². The monoisotopic (exact) mass is 385 g/mol. The van der Waals surface area contributed by atoms with E-state index in [1.165, 1.54) is 5.56 Å². The molecular formula is C23H35NO2Si. The van der Waals surface area contributed by atoms with E-state index in [9.17, 15) is 0 Å². The maximum Gasteiger partial charge on any atom is 0.250 e. The minimum absolute atomic E-state index is 0.181. The van der Waals surface area contributed by atoms with Crippen molar-refractivity contribution in [1.29, 1.82) is 0 Å². The fraction of sp³-hybridized carbons (Fsp3) is 0.522. The van der Waals surface area contributed by atoms with Crippen LogP contribution in [0.25, 0.3) is 0 Å². The fourth-order valence-corrected chi connectivity index (χ4v) is 4.09. The molecule has 0 aliphatic heterocycles. The summed E-state index contributed by atoms with van der Waals surface area (Å²) in [5.74, 6) is 2.54. The lowest BCUT2D eigenvalue weighted by Crippen LogP contribution is -2.43. The van der Waals surface area contributed by atoms with Gasteiger partial charge in [0, 0.05) is 11.6 Å². The molecule has 0 saturated carbocycles. The van der Waals surface area contributed by atoms with Crippen molar-refractivity contribution >= 4 is 8.32 Å². The Kier molecular flexibility index (Phi) is 6.74. The molecule has 1 aromatic heterocycles. The molecule has 4 heteroatoms. The number of benzene rings is 1. The van der Waals surface area contributed by atoms with Gasteiger partial charge in [0.25, 0.3) is 8.32 Å². The van der Waals surface area contributed by atoms with Crippen molar-refractivity contribution in [1.82, 2.24) is 4.98 Å². The van der Waals surface area contributed by atoms with Gasteiger partial charge in [0.05, 0.1) is 13.3 Å². The van der Waals surface area contributed by atoms with Crippen LogP contribution in [0.3, 0.4) is 0 Å². The average Bonchev–Trinajstić information content (AvgIpc) is 2.62. The predicted molar refractivity (Wildman–Crippen MR) is 117 cm³/mol. The second-order valence-electron chi connectivity index (χ2n) is 8.86. The Bertz CT molecular complexity index is 718. The molecule has 2 aromatic rings. The quantitative estimate of drug-likeness (QED) is 0.493. The summed E-state index contributed by atoms with van der Waals surface area (Å²) in [5, 5.41) is 0.181. The summed E-state index contributed by atoms with van der Waals surface area (Å²) >= 11 is 0. The molecule has 2 rings (SSSR count). The van der Waals surface area contributed by atoms with E-state index in [2.05, 4.69) is 72.0 Å². The summed E-state index contributed by atoms with van der Waals surface area (Å²) in [5.41, 5.74) is 2.44. The van der Waals surface area contributed by atoms with E-state index in [4.69, 9.17) is 14.1 Å². The molecule has 0 bridgehead atoms. The van der Waals surface area contributed by atoms with E-state index in [1.807, 2.05) is 18.3 Å². The van der Waals surface area contributed by atoms with Gasteiger partial charge in [0.1, 0.15) is 11.5 Å². The van der Waals surface area contributed by atoms with Crippen LogP contribution in [0.4, 0.5) is 0 Å². The molecule has 0 saturated heterocycles. The van der Waals surface area contributed by atoms with Crippen LogP contribution >= 0.6 is 0 Å². The molecule has 0 aliphatic carbocycles. The van der Waals surface area contributed by atoms with Crippen LogP contribution in [-0.2, 0) is 0 Å². The molecule has 1 heterocycles. The molecule has 3 nitrogen and oxygen atoms in total. The van der Waals surface area contributed by atoms with Gasteiger partial charge in [-0.1, -0.05) is 46.8 Å². The maximum atomic E-state index is 6.37. The fourth-order valence-electron chi connectivity index (χ4n) is 3.08. The number of rotatable bonds is 7. The minimum Gasteiger partial charge on any atom is -0.542 e. The predicted octanol–water partition coefficient (Wildman–Crippen LogP) is 6.77. The average molecular weight is 386 g/mol. The first-order valence-electron chi connectivity index (χ1n) is 9.88. The van der Waals surface area contributed by atoms with Crippen LogP contribution in [0.5, 0.6) is 11.5 Å². The number of nitrogens with zero attached hydrogens (tertiary/aromatic N) is 1. The highest BCUT2D eigenvalue weighted by molar-refractivity contribution is 6.74. The number of ether oxygens (including phenoxy) is 1. The summed E-state index contributed by atoms with van der Waals surface area (Å²) < 4.78 is 11.6. The Balaban J connectivity index is 2.17. The van der Waals surface area contributed by atoms with E-state index in [-0.39, 0.29) is 5.04 Å². The van der Waals surface area contributed by atoms with Gasteiger partial charge in [-0.05, 0) is 60.3 Å². The third-order valence-electron chi connectivity index (χ3n) is 6.00. The summed E-state index contributed by atoms with van der Waals surface area (Å²) in [6.07, 6.45) is 2.95. The lowest BCUT2D eigenvalue weighted by Gasteiger charge is -2.36. The van der Waals surface area contributed by atoms with E-state index < -0.39 is 8.32 Å². The number of methoxy groups -OCH3 is 1. The van der Waals surface area contributed by atoms with Crippen LogP contribution in [0.2, 0.25) is 18.1 Å². The Morgan fingerprint density at radius 3 is 2.04 bits per heavy atom. The smallest absolute Gasteiger partial charge is 0.250 e. The first-order valence-corrected chi connectivity index (χ1v) is 12.8. The highest BCUT2D eigenvalue weighted by Gasteiger charge is 2.39. The highest BCUT2D eigenvalue weighted by atomic mass is 28.4. The van der Waals surface area contributed by atoms with Gasteiger partial charge in [0.15, 0.2) is 0 Å². The lowest BCUT2D eigenvalue weighted by atomic mass is 9.83. The van der Waals surface area contributed by atoms with Crippen molar-refractivity contribution in [2.24, 2.45) is 0 Å². The van der Waals surface area contributed by atoms with Gasteiger partial charge in [-0.15, -0.1) is 0 Å². The van der Waals surface area contributed by atoms with Crippen LogP contribution in [-0.4, -0.2) is 20.4 Å². The third kappa shape index (κ3) is 5.13. The minimum atomic E-state index is -1.83. The van der Waals surface area contributed by atoms with Gasteiger partial charge in [-0.3, -0.25) is 4.98 Å². The van der Waals surface area contributed by atoms with Crippen LogP contribution in [0.15, 0.2) is 42.6 Å². The molecule has 0 spiro atoms. The van der Waals surface area contributed by atoms with E-state index in [1.54, 1.807) is 7.11 Å². The zero-order valence-electron chi connectivity index (χ0n) is 18.2. The molecule has 0 fully saturated rings. The number of hydrogen-bond donors (Lipinski definition) is 0. The Hall–Kier alpha value is -1.81. The Labute approximate surface area is 166 Å². The molecule has 0 N–H and O–H groups in total. The Morgan fingerprint density at radius 1 is 1.00 bits per heavy atom. The topological polar surface area (TPSA) is 31.4 Å². The van der Waals surface area contributed by atoms with Gasteiger partial charge in [-0.25, -0.2) is 0 Å². The van der Waals surface area contributed by atoms with Crippen molar-refractivity contribution in [3.05, 3.63) is 53.9 Å². The van der Waals surface area contributed by atoms with Gasteiger partial charge in [-0.2, -0.15) is 0 Å². The summed E-state index contributed by atoms with van der Waals surface area (Å²) in [7, 11) is -0.135. The van der Waals surface area contributed by atoms with Crippen molar-refractivity contribution in [3.63, 3.8) is 0 Å². The highest BCUT2D eigenvalue weighted by Crippen LogP contribution is 2.38. The van der Waals surface area contributed by atoms with Crippen LogP contribution in [0, 0.1) is 0 Å². The SMILES string of the molecule is CC[C@H](c1ccc(O[Si](C)(C)C(C)(C)C)cn1)[C@H](C)c1ccc(OC)cc1. The normalized spacial score (nSPS) is 14.5. The summed E-state index contributed by atoms with van der Waals surface area (Å²) in [6.45, 7) is 15.8. The Morgan fingerprint density at radius 2 is 1.59 bits per heavy atom. The van der Waals surface area contributed by atoms with Crippen molar-refractivity contribution in [2.75, 3.05) is 7.11 Å². The molecular weight excluding hydrogens is 350 g/mol. The van der Waals surface area contributed by atoms with Gasteiger partial charge >= 0.3 is 0 Å². The standard InChI is InChI=1S/C23H35NO2Si/c1-9-21(17(2)18-10-12-19(25-6)13-11-18)22-15-14-20(16-24-22)26-27(7,8)23(3,4)5/h10-17,21H,9H2,1-8H3/t17-,21+/m1/s1. The van der Waals surface area contributed by atoms with Crippen molar-refractivity contribution in [2.45, 2.75) is 71.0 Å². The summed E-state index contributed by atoms with van der Waals surface area (Å²) in [6, 6.07) is 12.6. The first kappa shape index (κ1) is 21.5. The number of hydrogen-bond acceptors (Lipinski definition) is 3. The van der Waals surface area contributed by atoms with Crippen molar-refractivity contribution in [3.8, 4) is 11.5 Å². The van der Waals surface area contributed by atoms with Crippen LogP contribution < -0.4 is 9.16 Å². The molecule has 1 aromatic carbocycles. The summed E-state index contributed by atoms with van der Waals surface area (Å²) in [4.78, 5) is 4.77.